The van der Waals surface area contributed by atoms with E-state index in [4.69, 9.17) is 32.9 Å². The van der Waals surface area contributed by atoms with Gasteiger partial charge in [0.05, 0.1) is 51.2 Å². The molecule has 2 heterocycles. The van der Waals surface area contributed by atoms with E-state index in [0.29, 0.717) is 59.1 Å². The van der Waals surface area contributed by atoms with E-state index in [1.807, 2.05) is 44.5 Å². The number of aromatic nitrogens is 2. The SMILES string of the molecule is Cn1c(Nc2c(Cl)ccc(CNC(=O)C(C)(C)C)c2Cl)nc2cc(C(=O)NC3CCCCC3)c(N3CCOCC3)cc21. The summed E-state index contributed by atoms with van der Waals surface area (Å²) < 4.78 is 7.52. The number of hydrogen-bond donors (Lipinski definition) is 3. The van der Waals surface area contributed by atoms with E-state index in [9.17, 15) is 9.59 Å². The molecule has 2 aliphatic rings. The molecule has 0 atom stereocenters. The fraction of sp³-hybridized carbons (Fsp3) is 0.516. The molecule has 3 N–H and O–H groups in total. The first kappa shape index (κ1) is 30.4. The first-order chi connectivity index (χ1) is 20.0. The Morgan fingerprint density at radius 1 is 1.07 bits per heavy atom. The fourth-order valence-electron chi connectivity index (χ4n) is 5.50. The topological polar surface area (TPSA) is 101 Å². The van der Waals surface area contributed by atoms with Crippen molar-refractivity contribution in [3.63, 3.8) is 0 Å². The standard InChI is InChI=1S/C31H40Cl2N6O3/c1-31(2,3)29(41)34-18-19-10-11-22(32)27(26(19)33)37-30-36-23-16-21(28(40)35-20-8-6-5-7-9-20)24(17-25(23)38(30)4)39-12-14-42-15-13-39/h10-11,16-17,20H,5-9,12-15,18H2,1-4H3,(H,34,41)(H,35,40)(H,36,37). The van der Waals surface area contributed by atoms with Crippen LogP contribution in [0.25, 0.3) is 11.0 Å². The summed E-state index contributed by atoms with van der Waals surface area (Å²) in [5.41, 5.74) is 3.77. The summed E-state index contributed by atoms with van der Waals surface area (Å²) >= 11 is 13.4. The maximum absolute atomic E-state index is 13.6. The van der Waals surface area contributed by atoms with Gasteiger partial charge in [0.25, 0.3) is 5.91 Å². The minimum atomic E-state index is -0.515. The largest absolute Gasteiger partial charge is 0.378 e. The molecule has 1 aliphatic carbocycles. The molecular formula is C31H40Cl2N6O3. The number of fused-ring (bicyclic) bond motifs is 1. The van der Waals surface area contributed by atoms with Gasteiger partial charge in [-0.05, 0) is 36.6 Å². The lowest BCUT2D eigenvalue weighted by molar-refractivity contribution is -0.128. The van der Waals surface area contributed by atoms with Gasteiger partial charge in [0.15, 0.2) is 0 Å². The Kier molecular flexibility index (Phi) is 9.20. The Bertz CT molecular complexity index is 1470. The lowest BCUT2D eigenvalue weighted by atomic mass is 9.95. The van der Waals surface area contributed by atoms with Crippen LogP contribution in [0.15, 0.2) is 24.3 Å². The summed E-state index contributed by atoms with van der Waals surface area (Å²) in [5.74, 6) is 0.391. The average molecular weight is 616 g/mol. The van der Waals surface area contributed by atoms with Gasteiger partial charge in [-0.15, -0.1) is 0 Å². The van der Waals surface area contributed by atoms with Crippen molar-refractivity contribution in [2.45, 2.75) is 65.5 Å². The summed E-state index contributed by atoms with van der Waals surface area (Å²) in [7, 11) is 1.91. The van der Waals surface area contributed by atoms with Crippen molar-refractivity contribution in [1.82, 2.24) is 20.2 Å². The molecule has 11 heteroatoms. The van der Waals surface area contributed by atoms with Crippen LogP contribution in [0.1, 0.15) is 68.8 Å². The van der Waals surface area contributed by atoms with Gasteiger partial charge in [0, 0.05) is 38.1 Å². The van der Waals surface area contributed by atoms with Crippen molar-refractivity contribution >= 4 is 63.4 Å². The van der Waals surface area contributed by atoms with Crippen molar-refractivity contribution in [3.8, 4) is 0 Å². The summed E-state index contributed by atoms with van der Waals surface area (Å²) in [6.45, 7) is 8.50. The van der Waals surface area contributed by atoms with E-state index in [1.165, 1.54) is 6.42 Å². The van der Waals surface area contributed by atoms with Gasteiger partial charge in [-0.25, -0.2) is 4.98 Å². The molecule has 2 amide bonds. The Morgan fingerprint density at radius 3 is 2.48 bits per heavy atom. The van der Waals surface area contributed by atoms with Crippen LogP contribution in [0.2, 0.25) is 10.0 Å². The number of benzene rings is 2. The molecule has 5 rings (SSSR count). The van der Waals surface area contributed by atoms with Gasteiger partial charge in [0.1, 0.15) is 0 Å². The number of anilines is 3. The molecule has 3 aromatic rings. The molecule has 42 heavy (non-hydrogen) atoms. The van der Waals surface area contributed by atoms with E-state index in [1.54, 1.807) is 12.1 Å². The van der Waals surface area contributed by atoms with E-state index in [-0.39, 0.29) is 24.4 Å². The molecule has 1 saturated heterocycles. The number of imidazole rings is 1. The molecule has 0 bridgehead atoms. The number of nitrogens with one attached hydrogen (secondary N) is 3. The van der Waals surface area contributed by atoms with Crippen LogP contribution in [-0.4, -0.2) is 53.7 Å². The highest BCUT2D eigenvalue weighted by molar-refractivity contribution is 6.39. The summed E-state index contributed by atoms with van der Waals surface area (Å²) in [5, 5.41) is 10.4. The van der Waals surface area contributed by atoms with Crippen molar-refractivity contribution < 1.29 is 14.3 Å². The number of ether oxygens (including phenoxy) is 1. The predicted octanol–water partition coefficient (Wildman–Crippen LogP) is 6.19. The number of carbonyl (C=O) groups excluding carboxylic acids is 2. The molecule has 0 spiro atoms. The van der Waals surface area contributed by atoms with E-state index < -0.39 is 5.41 Å². The van der Waals surface area contributed by atoms with Crippen LogP contribution >= 0.6 is 23.2 Å². The Balaban J connectivity index is 1.47. The van der Waals surface area contributed by atoms with Crippen molar-refractivity contribution in [1.29, 1.82) is 0 Å². The maximum atomic E-state index is 13.6. The number of rotatable bonds is 7. The highest BCUT2D eigenvalue weighted by Crippen LogP contribution is 2.37. The Labute approximate surface area is 257 Å². The molecule has 1 saturated carbocycles. The molecule has 0 radical (unpaired) electrons. The zero-order valence-corrected chi connectivity index (χ0v) is 26.3. The average Bonchev–Trinajstić information content (AvgIpc) is 3.28. The number of carbonyl (C=O) groups is 2. The molecule has 226 valence electrons. The molecular weight excluding hydrogens is 575 g/mol. The smallest absolute Gasteiger partial charge is 0.253 e. The molecule has 2 aromatic carbocycles. The van der Waals surface area contributed by atoms with Crippen LogP contribution < -0.4 is 20.9 Å². The number of halogens is 2. The van der Waals surface area contributed by atoms with Gasteiger partial charge in [-0.3, -0.25) is 9.59 Å². The second kappa shape index (κ2) is 12.7. The number of amides is 2. The monoisotopic (exact) mass is 614 g/mol. The molecule has 0 unspecified atom stereocenters. The Hall–Kier alpha value is -3.01. The van der Waals surface area contributed by atoms with Crippen molar-refractivity contribution in [2.24, 2.45) is 12.5 Å². The normalized spacial score (nSPS) is 16.5. The Morgan fingerprint density at radius 2 is 1.79 bits per heavy atom. The van der Waals surface area contributed by atoms with Crippen LogP contribution in [0.4, 0.5) is 17.3 Å². The van der Waals surface area contributed by atoms with Crippen LogP contribution in [0.5, 0.6) is 0 Å². The van der Waals surface area contributed by atoms with Crippen LogP contribution in [-0.2, 0) is 23.1 Å². The summed E-state index contributed by atoms with van der Waals surface area (Å²) in [6.07, 6.45) is 5.54. The number of aryl methyl sites for hydroxylation is 1. The van der Waals surface area contributed by atoms with E-state index >= 15 is 0 Å². The lowest BCUT2D eigenvalue weighted by Crippen LogP contribution is -2.40. The minimum absolute atomic E-state index is 0.0680. The first-order valence-electron chi connectivity index (χ1n) is 14.7. The number of nitrogens with zero attached hydrogens (tertiary/aromatic N) is 3. The molecule has 1 aromatic heterocycles. The molecule has 9 nitrogen and oxygen atoms in total. The minimum Gasteiger partial charge on any atom is -0.378 e. The van der Waals surface area contributed by atoms with Gasteiger partial charge in [0.2, 0.25) is 11.9 Å². The zero-order chi connectivity index (χ0) is 30.0. The highest BCUT2D eigenvalue weighted by Gasteiger charge is 2.25. The first-order valence-corrected chi connectivity index (χ1v) is 15.4. The summed E-state index contributed by atoms with van der Waals surface area (Å²) in [6, 6.07) is 7.67. The zero-order valence-electron chi connectivity index (χ0n) is 24.8. The fourth-order valence-corrected chi connectivity index (χ4v) is 6.03. The van der Waals surface area contributed by atoms with Crippen LogP contribution in [0, 0.1) is 5.41 Å². The second-order valence-electron chi connectivity index (χ2n) is 12.2. The second-order valence-corrected chi connectivity index (χ2v) is 13.0. The third kappa shape index (κ3) is 6.63. The third-order valence-electron chi connectivity index (χ3n) is 8.06. The van der Waals surface area contributed by atoms with Crippen molar-refractivity contribution in [2.75, 3.05) is 36.5 Å². The van der Waals surface area contributed by atoms with Crippen molar-refractivity contribution in [3.05, 3.63) is 45.4 Å². The van der Waals surface area contributed by atoms with E-state index in [0.717, 1.165) is 42.5 Å². The number of hydrogen-bond acceptors (Lipinski definition) is 6. The van der Waals surface area contributed by atoms with Gasteiger partial charge < -0.3 is 30.2 Å². The third-order valence-corrected chi connectivity index (χ3v) is 8.81. The van der Waals surface area contributed by atoms with Gasteiger partial charge >= 0.3 is 0 Å². The van der Waals surface area contributed by atoms with E-state index in [2.05, 4.69) is 20.9 Å². The molecule has 2 fully saturated rings. The lowest BCUT2D eigenvalue weighted by Gasteiger charge is -2.31. The maximum Gasteiger partial charge on any atom is 0.253 e. The van der Waals surface area contributed by atoms with Gasteiger partial charge in [-0.1, -0.05) is 69.3 Å². The summed E-state index contributed by atoms with van der Waals surface area (Å²) in [4.78, 5) is 33.1. The van der Waals surface area contributed by atoms with Gasteiger partial charge in [-0.2, -0.15) is 0 Å². The molecule has 1 aliphatic heterocycles. The number of morpholine rings is 1. The predicted molar refractivity (Wildman–Crippen MR) is 169 cm³/mol. The quantitative estimate of drug-likeness (QED) is 0.293. The highest BCUT2D eigenvalue weighted by atomic mass is 35.5. The van der Waals surface area contributed by atoms with Crippen LogP contribution in [0.3, 0.4) is 0 Å².